The molecule has 3 aromatic rings. The van der Waals surface area contributed by atoms with E-state index >= 15 is 0 Å². The number of anilines is 1. The summed E-state index contributed by atoms with van der Waals surface area (Å²) in [6.07, 6.45) is -4.89. The number of benzene rings is 3. The van der Waals surface area contributed by atoms with Crippen molar-refractivity contribution in [3.8, 4) is 0 Å². The highest BCUT2D eigenvalue weighted by Gasteiger charge is 2.37. The summed E-state index contributed by atoms with van der Waals surface area (Å²) in [5, 5.41) is 10.7. The minimum absolute atomic E-state index is 0.162. The molecule has 0 aliphatic heterocycles. The van der Waals surface area contributed by atoms with Crippen molar-refractivity contribution in [2.45, 2.75) is 20.9 Å². The van der Waals surface area contributed by atoms with Crippen LogP contribution in [0, 0.1) is 10.1 Å². The van der Waals surface area contributed by atoms with Gasteiger partial charge in [-0.2, -0.15) is 13.2 Å². The number of rotatable bonds is 6. The van der Waals surface area contributed by atoms with Crippen LogP contribution in [-0.2, 0) is 26.0 Å². The molecule has 0 fully saturated rings. The predicted molar refractivity (Wildman–Crippen MR) is 107 cm³/mol. The van der Waals surface area contributed by atoms with Crippen molar-refractivity contribution in [2.75, 3.05) is 4.72 Å². The molecule has 0 heterocycles. The summed E-state index contributed by atoms with van der Waals surface area (Å²) < 4.78 is 91.7. The second kappa shape index (κ2) is 8.24. The normalized spacial score (nSPS) is 12.3. The first kappa shape index (κ1) is 23.2. The maximum Gasteiger partial charge on any atom is 0.417 e. The number of nitrogens with zero attached hydrogens (tertiary/aromatic N) is 1. The van der Waals surface area contributed by atoms with Gasteiger partial charge in [0, 0.05) is 17.8 Å². The Kier molecular flexibility index (Phi) is 5.98. The van der Waals surface area contributed by atoms with Gasteiger partial charge in [-0.05, 0) is 48.5 Å². The lowest BCUT2D eigenvalue weighted by atomic mass is 10.2. The Bertz CT molecular complexity index is 1370. The molecule has 0 aromatic heterocycles. The molecule has 0 radical (unpaired) electrons. The van der Waals surface area contributed by atoms with Crippen LogP contribution in [0.1, 0.15) is 5.56 Å². The summed E-state index contributed by atoms with van der Waals surface area (Å²) in [4.78, 5) is 8.56. The maximum atomic E-state index is 13.1. The second-order valence-corrected chi connectivity index (χ2v) is 9.98. The van der Waals surface area contributed by atoms with E-state index in [0.717, 1.165) is 66.7 Å². The fourth-order valence-corrected chi connectivity index (χ4v) is 5.28. The Balaban J connectivity index is 1.89. The summed E-state index contributed by atoms with van der Waals surface area (Å²) >= 11 is 0. The Morgan fingerprint density at radius 2 is 1.28 bits per heavy atom. The first-order chi connectivity index (χ1) is 14.8. The number of non-ortho nitro benzene ring substituents is 1. The molecular formula is C19H13F3N2O6S2. The van der Waals surface area contributed by atoms with Crippen molar-refractivity contribution in [1.82, 2.24) is 0 Å². The number of nitro groups is 1. The smallest absolute Gasteiger partial charge is 0.280 e. The molecule has 0 atom stereocenters. The molecule has 0 spiro atoms. The SMILES string of the molecule is O=[N+]([O-])c1ccc(S(=O)(=O)c2ccc(NS(=O)(=O)c3ccccc3C(F)(F)F)cc2)cc1. The van der Waals surface area contributed by atoms with Crippen LogP contribution >= 0.6 is 0 Å². The molecule has 1 N–H and O–H groups in total. The van der Waals surface area contributed by atoms with Crippen LogP contribution in [0.2, 0.25) is 0 Å². The van der Waals surface area contributed by atoms with Gasteiger partial charge >= 0.3 is 6.18 Å². The molecule has 0 saturated carbocycles. The minimum Gasteiger partial charge on any atom is -0.280 e. The number of sulfonamides is 1. The number of hydrogen-bond acceptors (Lipinski definition) is 6. The van der Waals surface area contributed by atoms with E-state index in [1.165, 1.54) is 0 Å². The van der Waals surface area contributed by atoms with Gasteiger partial charge in [0.15, 0.2) is 0 Å². The number of nitro benzene ring substituents is 1. The van der Waals surface area contributed by atoms with E-state index in [4.69, 9.17) is 0 Å². The Labute approximate surface area is 180 Å². The third kappa shape index (κ3) is 4.73. The van der Waals surface area contributed by atoms with E-state index in [1.807, 2.05) is 4.72 Å². The molecule has 0 aliphatic carbocycles. The van der Waals surface area contributed by atoms with Crippen molar-refractivity contribution >= 4 is 31.2 Å². The fourth-order valence-electron chi connectivity index (χ4n) is 2.73. The fraction of sp³-hybridized carbons (Fsp3) is 0.0526. The lowest BCUT2D eigenvalue weighted by Crippen LogP contribution is -2.18. The lowest BCUT2D eigenvalue weighted by Gasteiger charge is -2.14. The molecule has 13 heteroatoms. The van der Waals surface area contributed by atoms with E-state index in [9.17, 15) is 40.1 Å². The van der Waals surface area contributed by atoms with Crippen molar-refractivity contribution in [1.29, 1.82) is 0 Å². The number of halogens is 3. The van der Waals surface area contributed by atoms with Gasteiger partial charge in [0.05, 0.1) is 25.2 Å². The average molecular weight is 486 g/mol. The van der Waals surface area contributed by atoms with Crippen molar-refractivity contribution in [2.24, 2.45) is 0 Å². The molecule has 168 valence electrons. The quantitative estimate of drug-likeness (QED) is 0.411. The Hall–Kier alpha value is -3.45. The van der Waals surface area contributed by atoms with Crippen molar-refractivity contribution < 1.29 is 34.9 Å². The van der Waals surface area contributed by atoms with Gasteiger partial charge in [0.25, 0.3) is 15.7 Å². The van der Waals surface area contributed by atoms with Crippen LogP contribution < -0.4 is 4.72 Å². The van der Waals surface area contributed by atoms with Crippen molar-refractivity contribution in [3.05, 3.63) is 88.5 Å². The predicted octanol–water partition coefficient (Wildman–Crippen LogP) is 4.25. The highest BCUT2D eigenvalue weighted by molar-refractivity contribution is 7.92. The largest absolute Gasteiger partial charge is 0.417 e. The standard InChI is InChI=1S/C19H13F3N2O6S2/c20-19(21,22)17-3-1-2-4-18(17)32(29,30)23-13-5-9-15(10-6-13)31(27,28)16-11-7-14(8-12-16)24(25)26/h1-12,23H. The monoisotopic (exact) mass is 486 g/mol. The molecular weight excluding hydrogens is 473 g/mol. The number of alkyl halides is 3. The number of sulfone groups is 1. The van der Waals surface area contributed by atoms with E-state index in [1.54, 1.807) is 0 Å². The zero-order valence-electron chi connectivity index (χ0n) is 15.8. The van der Waals surface area contributed by atoms with Gasteiger partial charge in [0.1, 0.15) is 0 Å². The van der Waals surface area contributed by atoms with E-state index in [2.05, 4.69) is 0 Å². The highest BCUT2D eigenvalue weighted by Crippen LogP contribution is 2.34. The zero-order valence-corrected chi connectivity index (χ0v) is 17.4. The van der Waals surface area contributed by atoms with Crippen LogP contribution in [0.4, 0.5) is 24.5 Å². The van der Waals surface area contributed by atoms with Crippen LogP contribution in [0.3, 0.4) is 0 Å². The average Bonchev–Trinajstić information content (AvgIpc) is 2.73. The third-order valence-corrected chi connectivity index (χ3v) is 7.48. The van der Waals surface area contributed by atoms with Crippen LogP contribution in [-0.4, -0.2) is 21.8 Å². The highest BCUT2D eigenvalue weighted by atomic mass is 32.2. The van der Waals surface area contributed by atoms with E-state index < -0.39 is 41.4 Å². The molecule has 0 aliphatic rings. The molecule has 0 amide bonds. The lowest BCUT2D eigenvalue weighted by molar-refractivity contribution is -0.384. The van der Waals surface area contributed by atoms with Gasteiger partial charge in [-0.3, -0.25) is 14.8 Å². The van der Waals surface area contributed by atoms with Crippen molar-refractivity contribution in [3.63, 3.8) is 0 Å². The first-order valence-corrected chi connectivity index (χ1v) is 11.6. The molecule has 8 nitrogen and oxygen atoms in total. The summed E-state index contributed by atoms with van der Waals surface area (Å²) in [6, 6.07) is 12.1. The van der Waals surface area contributed by atoms with Gasteiger partial charge in [-0.1, -0.05) is 12.1 Å². The Morgan fingerprint density at radius 3 is 1.78 bits per heavy atom. The van der Waals surface area contributed by atoms with E-state index in [-0.39, 0.29) is 21.2 Å². The number of hydrogen-bond donors (Lipinski definition) is 1. The molecule has 0 unspecified atom stereocenters. The number of nitrogens with one attached hydrogen (secondary N) is 1. The summed E-state index contributed by atoms with van der Waals surface area (Å²) in [6.45, 7) is 0. The summed E-state index contributed by atoms with van der Waals surface area (Å²) in [7, 11) is -8.69. The second-order valence-electron chi connectivity index (χ2n) is 6.38. The summed E-state index contributed by atoms with van der Waals surface area (Å²) in [5.74, 6) is 0. The van der Waals surface area contributed by atoms with Gasteiger partial charge in [0.2, 0.25) is 9.84 Å². The van der Waals surface area contributed by atoms with Gasteiger partial charge in [-0.25, -0.2) is 16.8 Å². The molecule has 3 rings (SSSR count). The molecule has 0 bridgehead atoms. The molecule has 3 aromatic carbocycles. The van der Waals surface area contributed by atoms with Crippen LogP contribution in [0.5, 0.6) is 0 Å². The minimum atomic E-state index is -4.89. The first-order valence-electron chi connectivity index (χ1n) is 8.61. The molecule has 32 heavy (non-hydrogen) atoms. The van der Waals surface area contributed by atoms with Gasteiger partial charge in [-0.15, -0.1) is 0 Å². The maximum absolute atomic E-state index is 13.1. The summed E-state index contributed by atoms with van der Waals surface area (Å²) in [5.41, 5.74) is -1.80. The molecule has 0 saturated heterocycles. The van der Waals surface area contributed by atoms with Crippen LogP contribution in [0.15, 0.2) is 87.5 Å². The topological polar surface area (TPSA) is 123 Å². The van der Waals surface area contributed by atoms with Crippen LogP contribution in [0.25, 0.3) is 0 Å². The van der Waals surface area contributed by atoms with E-state index in [0.29, 0.717) is 6.07 Å². The Morgan fingerprint density at radius 1 is 0.781 bits per heavy atom. The third-order valence-electron chi connectivity index (χ3n) is 4.26. The zero-order chi connectivity index (χ0) is 23.7. The van der Waals surface area contributed by atoms with Gasteiger partial charge < -0.3 is 0 Å².